The van der Waals surface area contributed by atoms with E-state index in [1.54, 1.807) is 18.2 Å². The Morgan fingerprint density at radius 3 is 2.67 bits per heavy atom. The molecule has 0 saturated heterocycles. The molecule has 0 amide bonds. The van der Waals surface area contributed by atoms with Crippen molar-refractivity contribution < 1.29 is 9.90 Å². The summed E-state index contributed by atoms with van der Waals surface area (Å²) in [6.45, 7) is 1.90. The minimum Gasteiger partial charge on any atom is -0.478 e. The highest BCUT2D eigenvalue weighted by Gasteiger charge is 2.12. The van der Waals surface area contributed by atoms with Gasteiger partial charge in [0.2, 0.25) is 0 Å². The molecule has 0 bridgehead atoms. The quantitative estimate of drug-likeness (QED) is 0.709. The number of aromatic nitrogens is 1. The largest absolute Gasteiger partial charge is 0.478 e. The van der Waals surface area contributed by atoms with Crippen molar-refractivity contribution in [1.82, 2.24) is 4.98 Å². The Labute approximate surface area is 140 Å². The van der Waals surface area contributed by atoms with Gasteiger partial charge in [-0.2, -0.15) is 0 Å². The molecule has 0 aliphatic carbocycles. The summed E-state index contributed by atoms with van der Waals surface area (Å²) in [5, 5.41) is 12.8. The van der Waals surface area contributed by atoms with Crippen molar-refractivity contribution in [3.05, 3.63) is 50.0 Å². The zero-order valence-electron chi connectivity index (χ0n) is 11.0. The molecule has 1 heterocycles. The van der Waals surface area contributed by atoms with Gasteiger partial charge in [0.1, 0.15) is 5.82 Å². The molecule has 0 aliphatic heterocycles. The molecular formula is C14H11BrCl2N2O2. The van der Waals surface area contributed by atoms with Crippen LogP contribution in [0.25, 0.3) is 0 Å². The minimum absolute atomic E-state index is 0.170. The molecule has 0 saturated carbocycles. The number of hydrogen-bond donors (Lipinski definition) is 2. The topological polar surface area (TPSA) is 62.2 Å². The van der Waals surface area contributed by atoms with Gasteiger partial charge in [0.25, 0.3) is 0 Å². The van der Waals surface area contributed by atoms with E-state index in [0.29, 0.717) is 38.1 Å². The second-order valence-corrected chi connectivity index (χ2v) is 5.85. The number of anilines is 2. The molecule has 110 valence electrons. The molecule has 0 spiro atoms. The van der Waals surface area contributed by atoms with Crippen LogP contribution in [0.15, 0.2) is 28.7 Å². The average molecular weight is 390 g/mol. The number of carboxylic acids is 1. The van der Waals surface area contributed by atoms with E-state index in [1.165, 1.54) is 6.07 Å². The maximum absolute atomic E-state index is 11.1. The van der Waals surface area contributed by atoms with E-state index in [4.69, 9.17) is 28.3 Å². The molecule has 0 radical (unpaired) electrons. The van der Waals surface area contributed by atoms with Gasteiger partial charge in [0.05, 0.1) is 21.3 Å². The normalized spacial score (nSPS) is 10.5. The monoisotopic (exact) mass is 388 g/mol. The van der Waals surface area contributed by atoms with Gasteiger partial charge in [0.15, 0.2) is 0 Å². The number of benzene rings is 1. The van der Waals surface area contributed by atoms with E-state index in [9.17, 15) is 4.79 Å². The van der Waals surface area contributed by atoms with Gasteiger partial charge in [-0.1, -0.05) is 30.1 Å². The first-order valence-electron chi connectivity index (χ1n) is 6.07. The van der Waals surface area contributed by atoms with Crippen molar-refractivity contribution in [2.75, 3.05) is 5.32 Å². The average Bonchev–Trinajstić information content (AvgIpc) is 2.47. The summed E-state index contributed by atoms with van der Waals surface area (Å²) in [6, 6.07) is 6.48. The number of aromatic carboxylic acids is 1. The fraction of sp³-hybridized carbons (Fsp3) is 0.143. The van der Waals surface area contributed by atoms with E-state index < -0.39 is 5.97 Å². The minimum atomic E-state index is -1.00. The molecule has 4 nitrogen and oxygen atoms in total. The van der Waals surface area contributed by atoms with Crippen LogP contribution in [0.3, 0.4) is 0 Å². The number of hydrogen-bond acceptors (Lipinski definition) is 3. The van der Waals surface area contributed by atoms with E-state index in [1.807, 2.05) is 6.92 Å². The fourth-order valence-corrected chi connectivity index (χ4v) is 2.54. The summed E-state index contributed by atoms with van der Waals surface area (Å²) in [4.78, 5) is 15.5. The van der Waals surface area contributed by atoms with Crippen LogP contribution in [0.4, 0.5) is 11.5 Å². The first-order chi connectivity index (χ1) is 9.92. The van der Waals surface area contributed by atoms with Gasteiger partial charge in [-0.25, -0.2) is 9.78 Å². The van der Waals surface area contributed by atoms with Crippen LogP contribution in [0.2, 0.25) is 10.0 Å². The summed E-state index contributed by atoms with van der Waals surface area (Å²) in [5.41, 5.74) is 1.40. The van der Waals surface area contributed by atoms with Crippen LogP contribution in [0.1, 0.15) is 23.0 Å². The smallest absolute Gasteiger partial charge is 0.335 e. The molecule has 2 rings (SSSR count). The maximum Gasteiger partial charge on any atom is 0.335 e. The third-order valence-corrected chi connectivity index (χ3v) is 4.56. The number of pyridine rings is 1. The van der Waals surface area contributed by atoms with Crippen molar-refractivity contribution in [3.8, 4) is 0 Å². The summed E-state index contributed by atoms with van der Waals surface area (Å²) in [5.74, 6) is -0.595. The van der Waals surface area contributed by atoms with Crippen LogP contribution in [0.5, 0.6) is 0 Å². The standard InChI is InChI=1S/C14H11BrCl2N2O2/c1-2-8-5-7(14(20)21)6-11(18-8)19-10-4-3-9(15)12(16)13(10)17/h3-6H,2H2,1H3,(H,18,19)(H,20,21). The Morgan fingerprint density at radius 1 is 1.33 bits per heavy atom. The van der Waals surface area contributed by atoms with Crippen molar-refractivity contribution in [3.63, 3.8) is 0 Å². The number of aryl methyl sites for hydroxylation is 1. The lowest BCUT2D eigenvalue weighted by molar-refractivity contribution is 0.0696. The number of halogens is 3. The lowest BCUT2D eigenvalue weighted by Crippen LogP contribution is -2.03. The molecule has 0 atom stereocenters. The lowest BCUT2D eigenvalue weighted by atomic mass is 10.2. The maximum atomic E-state index is 11.1. The number of rotatable bonds is 4. The molecule has 1 aromatic heterocycles. The van der Waals surface area contributed by atoms with Gasteiger partial charge in [-0.05, 0) is 46.6 Å². The Bertz CT molecular complexity index is 708. The van der Waals surface area contributed by atoms with Crippen LogP contribution in [-0.4, -0.2) is 16.1 Å². The predicted molar refractivity (Wildman–Crippen MR) is 88.0 cm³/mol. The highest BCUT2D eigenvalue weighted by Crippen LogP contribution is 2.36. The van der Waals surface area contributed by atoms with Gasteiger partial charge < -0.3 is 10.4 Å². The molecule has 7 heteroatoms. The summed E-state index contributed by atoms with van der Waals surface area (Å²) >= 11 is 15.5. The van der Waals surface area contributed by atoms with E-state index in [-0.39, 0.29) is 5.56 Å². The Hall–Kier alpha value is -1.30. The molecule has 0 fully saturated rings. The van der Waals surface area contributed by atoms with Crippen molar-refractivity contribution in [2.24, 2.45) is 0 Å². The molecule has 0 unspecified atom stereocenters. The second kappa shape index (κ2) is 6.64. The summed E-state index contributed by atoms with van der Waals surface area (Å²) < 4.78 is 0.682. The molecule has 21 heavy (non-hydrogen) atoms. The van der Waals surface area contributed by atoms with Crippen LogP contribution in [0, 0.1) is 0 Å². The molecule has 2 aromatic rings. The molecular weight excluding hydrogens is 379 g/mol. The van der Waals surface area contributed by atoms with Gasteiger partial charge in [0, 0.05) is 10.2 Å². The summed E-state index contributed by atoms with van der Waals surface area (Å²) in [6.07, 6.45) is 0.630. The fourth-order valence-electron chi connectivity index (χ4n) is 1.72. The van der Waals surface area contributed by atoms with Gasteiger partial charge in [-0.3, -0.25) is 0 Å². The third kappa shape index (κ3) is 3.67. The van der Waals surface area contributed by atoms with Crippen LogP contribution < -0.4 is 5.32 Å². The first-order valence-corrected chi connectivity index (χ1v) is 7.62. The van der Waals surface area contributed by atoms with Crippen molar-refractivity contribution in [1.29, 1.82) is 0 Å². The van der Waals surface area contributed by atoms with Gasteiger partial charge in [-0.15, -0.1) is 0 Å². The zero-order chi connectivity index (χ0) is 15.6. The Balaban J connectivity index is 2.42. The number of carbonyl (C=O) groups is 1. The number of nitrogens with one attached hydrogen (secondary N) is 1. The Morgan fingerprint density at radius 2 is 2.05 bits per heavy atom. The van der Waals surface area contributed by atoms with E-state index >= 15 is 0 Å². The van der Waals surface area contributed by atoms with Crippen molar-refractivity contribution in [2.45, 2.75) is 13.3 Å². The predicted octanol–water partition coefficient (Wildman–Crippen LogP) is 5.16. The summed E-state index contributed by atoms with van der Waals surface area (Å²) in [7, 11) is 0. The number of nitrogens with zero attached hydrogens (tertiary/aromatic N) is 1. The second-order valence-electron chi connectivity index (χ2n) is 4.24. The molecule has 0 aliphatic rings. The third-order valence-electron chi connectivity index (χ3n) is 2.79. The van der Waals surface area contributed by atoms with Crippen molar-refractivity contribution >= 4 is 56.6 Å². The van der Waals surface area contributed by atoms with Crippen LogP contribution in [-0.2, 0) is 6.42 Å². The SMILES string of the molecule is CCc1cc(C(=O)O)cc(Nc2ccc(Br)c(Cl)c2Cl)n1. The number of carboxylic acid groups (broad SMARTS) is 1. The van der Waals surface area contributed by atoms with E-state index in [0.717, 1.165) is 0 Å². The first kappa shape index (κ1) is 16.1. The van der Waals surface area contributed by atoms with E-state index in [2.05, 4.69) is 26.2 Å². The Kier molecular flexibility index (Phi) is 5.08. The highest BCUT2D eigenvalue weighted by molar-refractivity contribution is 9.10. The molecule has 1 aromatic carbocycles. The zero-order valence-corrected chi connectivity index (χ0v) is 14.1. The lowest BCUT2D eigenvalue weighted by Gasteiger charge is -2.11. The highest BCUT2D eigenvalue weighted by atomic mass is 79.9. The molecule has 2 N–H and O–H groups in total. The van der Waals surface area contributed by atoms with Crippen LogP contribution >= 0.6 is 39.1 Å². The van der Waals surface area contributed by atoms with Gasteiger partial charge >= 0.3 is 5.97 Å².